The van der Waals surface area contributed by atoms with Crippen molar-refractivity contribution in [1.29, 1.82) is 0 Å². The van der Waals surface area contributed by atoms with Crippen molar-refractivity contribution in [2.45, 2.75) is 0 Å². The Kier molecular flexibility index (Phi) is 3.98. The summed E-state index contributed by atoms with van der Waals surface area (Å²) < 4.78 is 7.33. The van der Waals surface area contributed by atoms with Crippen molar-refractivity contribution in [2.24, 2.45) is 12.1 Å². The molecule has 0 saturated carbocycles. The van der Waals surface area contributed by atoms with Crippen LogP contribution in [0.4, 0.5) is 0 Å². The molecule has 1 aromatic carbocycles. The zero-order chi connectivity index (χ0) is 15.5. The van der Waals surface area contributed by atoms with Crippen LogP contribution in [0.2, 0.25) is 5.02 Å². The van der Waals surface area contributed by atoms with E-state index in [4.69, 9.17) is 16.3 Å². The fourth-order valence-corrected chi connectivity index (χ4v) is 2.35. The van der Waals surface area contributed by atoms with E-state index in [-0.39, 0.29) is 5.91 Å². The van der Waals surface area contributed by atoms with Crippen LogP contribution in [-0.2, 0) is 7.05 Å². The molecule has 5 nitrogen and oxygen atoms in total. The second-order valence-electron chi connectivity index (χ2n) is 4.89. The summed E-state index contributed by atoms with van der Waals surface area (Å²) in [5, 5.41) is 4.62. The highest BCUT2D eigenvalue weighted by atomic mass is 35.5. The second kappa shape index (κ2) is 6.07. The molecule has 112 valence electrons. The maximum Gasteiger partial charge on any atom is 0.287 e. The monoisotopic (exact) mass is 315 g/mol. The Labute approximate surface area is 132 Å². The Morgan fingerprint density at radius 2 is 2.32 bits per heavy atom. The van der Waals surface area contributed by atoms with Crippen LogP contribution in [0.5, 0.6) is 5.75 Å². The Balaban J connectivity index is 1.69. The van der Waals surface area contributed by atoms with E-state index in [1.54, 1.807) is 42.2 Å². The highest BCUT2D eigenvalue weighted by Crippen LogP contribution is 2.28. The Hall–Kier alpha value is -2.53. The van der Waals surface area contributed by atoms with Gasteiger partial charge in [0.1, 0.15) is 18.1 Å². The predicted octanol–water partition coefficient (Wildman–Crippen LogP) is 2.87. The van der Waals surface area contributed by atoms with Crippen LogP contribution in [0.25, 0.3) is 6.08 Å². The zero-order valence-corrected chi connectivity index (χ0v) is 12.7. The number of hydrazone groups is 1. The number of benzene rings is 1. The van der Waals surface area contributed by atoms with Gasteiger partial charge in [0, 0.05) is 29.4 Å². The van der Waals surface area contributed by atoms with Gasteiger partial charge in [-0.2, -0.15) is 5.10 Å². The molecule has 0 aliphatic carbocycles. The van der Waals surface area contributed by atoms with Gasteiger partial charge in [-0.15, -0.1) is 0 Å². The molecular weight excluding hydrogens is 302 g/mol. The van der Waals surface area contributed by atoms with Gasteiger partial charge in [0.25, 0.3) is 5.91 Å². The first-order valence-electron chi connectivity index (χ1n) is 6.71. The fourth-order valence-electron chi connectivity index (χ4n) is 2.17. The lowest BCUT2D eigenvalue weighted by Crippen LogP contribution is -2.20. The normalized spacial score (nSPS) is 13.5. The maximum atomic E-state index is 11.9. The van der Waals surface area contributed by atoms with Crippen LogP contribution in [-0.4, -0.2) is 23.3 Å². The predicted molar refractivity (Wildman–Crippen MR) is 86.3 cm³/mol. The van der Waals surface area contributed by atoms with Crippen LogP contribution in [0, 0.1) is 0 Å². The lowest BCUT2D eigenvalue weighted by Gasteiger charge is -2.15. The molecule has 6 heteroatoms. The minimum absolute atomic E-state index is 0.260. The molecule has 0 saturated heterocycles. The molecule has 1 N–H and O–H groups in total. The summed E-state index contributed by atoms with van der Waals surface area (Å²) in [5.41, 5.74) is 4.79. The van der Waals surface area contributed by atoms with Crippen molar-refractivity contribution in [1.82, 2.24) is 9.99 Å². The average molecular weight is 316 g/mol. The maximum absolute atomic E-state index is 11.9. The smallest absolute Gasteiger partial charge is 0.287 e. The summed E-state index contributed by atoms with van der Waals surface area (Å²) in [5.74, 6) is 0.527. The number of aromatic nitrogens is 1. The minimum atomic E-state index is -0.260. The highest BCUT2D eigenvalue weighted by molar-refractivity contribution is 6.30. The van der Waals surface area contributed by atoms with Crippen molar-refractivity contribution in [3.8, 4) is 5.75 Å². The summed E-state index contributed by atoms with van der Waals surface area (Å²) in [6.45, 7) is 0.401. The molecule has 3 rings (SSSR count). The molecule has 1 amide bonds. The quantitative estimate of drug-likeness (QED) is 0.699. The van der Waals surface area contributed by atoms with E-state index in [1.165, 1.54) is 0 Å². The number of carbonyl (C=O) groups is 1. The molecule has 2 aromatic rings. The Bertz CT molecular complexity index is 777. The molecule has 0 atom stereocenters. The number of nitrogens with one attached hydrogen (secondary N) is 1. The molecule has 1 aromatic heterocycles. The van der Waals surface area contributed by atoms with Crippen LogP contribution >= 0.6 is 11.6 Å². The van der Waals surface area contributed by atoms with Gasteiger partial charge in [-0.1, -0.05) is 11.6 Å². The molecule has 0 radical (unpaired) electrons. The molecule has 1 aliphatic heterocycles. The van der Waals surface area contributed by atoms with Crippen molar-refractivity contribution in [2.75, 3.05) is 6.61 Å². The third-order valence-electron chi connectivity index (χ3n) is 3.28. The van der Waals surface area contributed by atoms with E-state index < -0.39 is 0 Å². The molecule has 0 fully saturated rings. The standard InChI is InChI=1S/C16H14ClN3O2/c1-20-6-2-3-14(20)16(21)19-18-9-11-7-12-8-13(17)4-5-15(12)22-10-11/h2-9H,10H2,1H3,(H,19,21)/b18-9-. The summed E-state index contributed by atoms with van der Waals surface area (Å²) in [6.07, 6.45) is 5.31. The summed E-state index contributed by atoms with van der Waals surface area (Å²) >= 11 is 5.96. The number of rotatable bonds is 3. The third kappa shape index (κ3) is 3.04. The van der Waals surface area contributed by atoms with Gasteiger partial charge in [0.15, 0.2) is 0 Å². The van der Waals surface area contributed by atoms with Crippen LogP contribution in [0.1, 0.15) is 16.1 Å². The zero-order valence-electron chi connectivity index (χ0n) is 11.9. The first-order chi connectivity index (χ1) is 10.6. The van der Waals surface area contributed by atoms with E-state index in [2.05, 4.69) is 10.5 Å². The molecule has 0 spiro atoms. The van der Waals surface area contributed by atoms with E-state index in [1.807, 2.05) is 18.2 Å². The summed E-state index contributed by atoms with van der Waals surface area (Å²) in [7, 11) is 1.80. The van der Waals surface area contributed by atoms with Crippen LogP contribution in [0.15, 0.2) is 47.2 Å². The Morgan fingerprint density at radius 3 is 3.09 bits per heavy atom. The number of halogens is 1. The number of nitrogens with zero attached hydrogens (tertiary/aromatic N) is 2. The number of hydrogen-bond acceptors (Lipinski definition) is 3. The first kappa shape index (κ1) is 14.4. The minimum Gasteiger partial charge on any atom is -0.488 e. The SMILES string of the molecule is Cn1cccc1C(=O)N/N=C\C1=Cc2cc(Cl)ccc2OC1. The van der Waals surface area contributed by atoms with Gasteiger partial charge in [0.05, 0.1) is 6.21 Å². The van der Waals surface area contributed by atoms with E-state index >= 15 is 0 Å². The lowest BCUT2D eigenvalue weighted by atomic mass is 10.1. The molecule has 22 heavy (non-hydrogen) atoms. The van der Waals surface area contributed by atoms with Gasteiger partial charge in [-0.05, 0) is 36.4 Å². The number of hydrogen-bond donors (Lipinski definition) is 1. The lowest BCUT2D eigenvalue weighted by molar-refractivity contribution is 0.0947. The Morgan fingerprint density at radius 1 is 1.45 bits per heavy atom. The molecule has 1 aliphatic rings. The van der Waals surface area contributed by atoms with Gasteiger partial charge >= 0.3 is 0 Å². The fraction of sp³-hybridized carbons (Fsp3) is 0.125. The third-order valence-corrected chi connectivity index (χ3v) is 3.52. The average Bonchev–Trinajstić information content (AvgIpc) is 2.93. The number of fused-ring (bicyclic) bond motifs is 1. The van der Waals surface area contributed by atoms with Gasteiger partial charge in [-0.3, -0.25) is 4.79 Å². The summed E-state index contributed by atoms with van der Waals surface area (Å²) in [4.78, 5) is 11.9. The van der Waals surface area contributed by atoms with E-state index in [0.717, 1.165) is 16.9 Å². The van der Waals surface area contributed by atoms with Crippen molar-refractivity contribution >= 4 is 29.8 Å². The van der Waals surface area contributed by atoms with Crippen LogP contribution < -0.4 is 10.2 Å². The van der Waals surface area contributed by atoms with Crippen molar-refractivity contribution in [3.05, 3.63) is 58.4 Å². The van der Waals surface area contributed by atoms with E-state index in [9.17, 15) is 4.79 Å². The largest absolute Gasteiger partial charge is 0.488 e. The molecular formula is C16H14ClN3O2. The summed E-state index contributed by atoms with van der Waals surface area (Å²) in [6, 6.07) is 8.97. The number of ether oxygens (including phenoxy) is 1. The van der Waals surface area contributed by atoms with Gasteiger partial charge < -0.3 is 9.30 Å². The molecule has 0 bridgehead atoms. The number of amides is 1. The van der Waals surface area contributed by atoms with Gasteiger partial charge in [0.2, 0.25) is 0 Å². The van der Waals surface area contributed by atoms with E-state index in [0.29, 0.717) is 17.3 Å². The van der Waals surface area contributed by atoms with Crippen molar-refractivity contribution in [3.63, 3.8) is 0 Å². The highest BCUT2D eigenvalue weighted by Gasteiger charge is 2.11. The number of aryl methyl sites for hydroxylation is 1. The number of carbonyl (C=O) groups excluding carboxylic acids is 1. The first-order valence-corrected chi connectivity index (χ1v) is 7.09. The second-order valence-corrected chi connectivity index (χ2v) is 5.33. The van der Waals surface area contributed by atoms with Crippen molar-refractivity contribution < 1.29 is 9.53 Å². The van der Waals surface area contributed by atoms with Crippen LogP contribution in [0.3, 0.4) is 0 Å². The molecule has 0 unspecified atom stereocenters. The topological polar surface area (TPSA) is 55.6 Å². The van der Waals surface area contributed by atoms with Gasteiger partial charge in [-0.25, -0.2) is 5.43 Å². The molecule has 2 heterocycles.